The van der Waals surface area contributed by atoms with E-state index < -0.39 is 13.4 Å². The average Bonchev–Trinajstić information content (AvgIpc) is 0.722. The first-order valence-electron chi connectivity index (χ1n) is 0.647. The molecule has 0 atom stereocenters. The van der Waals surface area contributed by atoms with Crippen LogP contribution in [0.2, 0.25) is 0 Å². The van der Waals surface area contributed by atoms with Crippen LogP contribution in [0.25, 0.3) is 0 Å². The Bertz CT molecular complexity index is 90.7. The first-order valence-corrected chi connectivity index (χ1v) is 2.67. The summed E-state index contributed by atoms with van der Waals surface area (Å²) < 4.78 is 31.8. The number of hydrogen-bond acceptors (Lipinski definition) is 2. The molecule has 0 aliphatic carbocycles. The minimum atomic E-state index is -5.12. The first kappa shape index (κ1) is 9.81. The van der Waals surface area contributed by atoms with E-state index in [0.717, 1.165) is 0 Å². The van der Waals surface area contributed by atoms with Crippen LogP contribution in [0.4, 0.5) is 0 Å². The van der Waals surface area contributed by atoms with Gasteiger partial charge in [-0.3, -0.25) is 0 Å². The Labute approximate surface area is 48.6 Å². The molecule has 0 unspecified atom stereocenters. The molecule has 1 radical (unpaired) electrons. The van der Waals surface area contributed by atoms with Crippen LogP contribution in [0.15, 0.2) is 0 Å². The van der Waals surface area contributed by atoms with Gasteiger partial charge in [0.2, 0.25) is 0 Å². The van der Waals surface area contributed by atoms with Gasteiger partial charge in [-0.2, -0.15) is 0 Å². The van der Waals surface area contributed by atoms with E-state index in [4.69, 9.17) is 16.0 Å². The molecule has 0 rings (SSSR count). The van der Waals surface area contributed by atoms with Crippen molar-refractivity contribution in [2.24, 2.45) is 0 Å². The normalized spacial score (nSPS) is 9.67. The van der Waals surface area contributed by atoms with Gasteiger partial charge in [-0.05, 0) is 0 Å². The average molecular weight is 128 g/mol. The van der Waals surface area contributed by atoms with Crippen LogP contribution in [0.3, 0.4) is 0 Å². The fourth-order valence-electron chi connectivity index (χ4n) is 0. The summed E-state index contributed by atoms with van der Waals surface area (Å²) in [5.41, 5.74) is 0. The maximum atomic E-state index is 8.80. The SMILES string of the molecule is [Li].[O]=[Mn](=[O])([OH])[OH]. The Hall–Kier alpha value is 0.637. The van der Waals surface area contributed by atoms with Crippen LogP contribution in [0, 0.1) is 0 Å². The van der Waals surface area contributed by atoms with Crippen LogP contribution in [0.5, 0.6) is 0 Å². The fraction of sp³-hybridized carbons (Fsp3) is 0. The standard InChI is InChI=1S/Li.Mn.2H2O.2O/h;;2*1H2;;/q;+2;;;;/p-2. The van der Waals surface area contributed by atoms with Crippen molar-refractivity contribution in [3.05, 3.63) is 0 Å². The van der Waals surface area contributed by atoms with E-state index in [9.17, 15) is 0 Å². The van der Waals surface area contributed by atoms with Crippen molar-refractivity contribution in [3.63, 3.8) is 0 Å². The van der Waals surface area contributed by atoms with Gasteiger partial charge in [0, 0.05) is 18.9 Å². The van der Waals surface area contributed by atoms with Gasteiger partial charge in [0.15, 0.2) is 0 Å². The second-order valence-electron chi connectivity index (χ2n) is 0.415. The first-order chi connectivity index (χ1) is 2.00. The molecule has 0 aromatic rings. The molecule has 0 spiro atoms. The second kappa shape index (κ2) is 2.75. The summed E-state index contributed by atoms with van der Waals surface area (Å²) in [5, 5.41) is 0. The van der Waals surface area contributed by atoms with E-state index in [1.165, 1.54) is 0 Å². The van der Waals surface area contributed by atoms with E-state index >= 15 is 0 Å². The third-order valence-electron chi connectivity index (χ3n) is 0. The Kier molecular flexibility index (Phi) is 4.50. The third kappa shape index (κ3) is 151. The molecule has 2 N–H and O–H groups in total. The molecule has 0 fully saturated rings. The molecule has 6 heavy (non-hydrogen) atoms. The Morgan fingerprint density at radius 1 is 1.17 bits per heavy atom. The molecular weight excluding hydrogens is 126 g/mol. The van der Waals surface area contributed by atoms with Crippen molar-refractivity contribution in [1.82, 2.24) is 0 Å². The summed E-state index contributed by atoms with van der Waals surface area (Å²) in [4.78, 5) is 0. The van der Waals surface area contributed by atoms with Crippen molar-refractivity contribution in [1.29, 1.82) is 0 Å². The van der Waals surface area contributed by atoms with E-state index in [-0.39, 0.29) is 18.9 Å². The zero-order valence-corrected chi connectivity index (χ0v) is 4.27. The van der Waals surface area contributed by atoms with Crippen LogP contribution in [0.1, 0.15) is 0 Å². The Morgan fingerprint density at radius 3 is 1.17 bits per heavy atom. The molecule has 0 amide bonds. The molecule has 0 aromatic carbocycles. The van der Waals surface area contributed by atoms with Crippen LogP contribution in [-0.4, -0.2) is 27.2 Å². The molecule has 6 heteroatoms. The topological polar surface area (TPSA) is 74.6 Å². The Morgan fingerprint density at radius 2 is 1.17 bits per heavy atom. The van der Waals surface area contributed by atoms with Gasteiger partial charge in [-0.25, -0.2) is 0 Å². The molecule has 0 bridgehead atoms. The molecule has 4 nitrogen and oxygen atoms in total. The summed E-state index contributed by atoms with van der Waals surface area (Å²) in [7, 11) is 0. The molecule has 0 saturated carbocycles. The zero-order chi connectivity index (χ0) is 4.50. The zero-order valence-electron chi connectivity index (χ0n) is 3.09. The van der Waals surface area contributed by atoms with Gasteiger partial charge in [0.25, 0.3) is 0 Å². The minimum absolute atomic E-state index is 0. The predicted molar refractivity (Wildman–Crippen MR) is 11.6 cm³/mol. The molecule has 0 aliphatic heterocycles. The maximum absolute atomic E-state index is 8.80. The van der Waals surface area contributed by atoms with Crippen molar-refractivity contribution in [2.45, 2.75) is 0 Å². The summed E-state index contributed by atoms with van der Waals surface area (Å²) in [6.07, 6.45) is 0. The number of hydrogen-bond donors (Lipinski definition) is 2. The quantitative estimate of drug-likeness (QED) is 0.380. The van der Waals surface area contributed by atoms with Crippen molar-refractivity contribution < 1.29 is 29.4 Å². The summed E-state index contributed by atoms with van der Waals surface area (Å²) in [6.45, 7) is 0. The van der Waals surface area contributed by atoms with Gasteiger partial charge < -0.3 is 0 Å². The fourth-order valence-corrected chi connectivity index (χ4v) is 0. The molecule has 0 saturated heterocycles. The summed E-state index contributed by atoms with van der Waals surface area (Å²) in [5.74, 6) is 0. The van der Waals surface area contributed by atoms with E-state index in [0.29, 0.717) is 0 Å². The van der Waals surface area contributed by atoms with Gasteiger partial charge >= 0.3 is 29.4 Å². The van der Waals surface area contributed by atoms with Crippen LogP contribution in [-0.2, 0) is 21.0 Å². The molecule has 0 aliphatic rings. The van der Waals surface area contributed by atoms with Gasteiger partial charge in [0.05, 0.1) is 0 Å². The monoisotopic (exact) mass is 128 g/mol. The van der Waals surface area contributed by atoms with Crippen LogP contribution >= 0.6 is 0 Å². The third-order valence-corrected chi connectivity index (χ3v) is 0. The van der Waals surface area contributed by atoms with Crippen LogP contribution < -0.4 is 0 Å². The molecule has 0 heterocycles. The van der Waals surface area contributed by atoms with E-state index in [2.05, 4.69) is 0 Å². The van der Waals surface area contributed by atoms with E-state index in [1.54, 1.807) is 0 Å². The summed E-state index contributed by atoms with van der Waals surface area (Å²) in [6, 6.07) is 0. The molecular formula is H2LiMnO4. The van der Waals surface area contributed by atoms with Crippen molar-refractivity contribution in [3.8, 4) is 0 Å². The van der Waals surface area contributed by atoms with Gasteiger partial charge in [0.1, 0.15) is 0 Å². The van der Waals surface area contributed by atoms with Gasteiger partial charge in [-0.1, -0.05) is 0 Å². The molecule has 0 aromatic heterocycles. The van der Waals surface area contributed by atoms with E-state index in [1.807, 2.05) is 0 Å². The number of rotatable bonds is 0. The Balaban J connectivity index is 0. The second-order valence-corrected chi connectivity index (χ2v) is 1.71. The predicted octanol–water partition coefficient (Wildman–Crippen LogP) is -1.73. The van der Waals surface area contributed by atoms with Crippen molar-refractivity contribution in [2.75, 3.05) is 0 Å². The van der Waals surface area contributed by atoms with Crippen molar-refractivity contribution >= 4 is 18.9 Å². The summed E-state index contributed by atoms with van der Waals surface area (Å²) >= 11 is -5.12. The van der Waals surface area contributed by atoms with Gasteiger partial charge in [-0.15, -0.1) is 0 Å². The molecule has 34 valence electrons.